The number of benzene rings is 1. The lowest BCUT2D eigenvalue weighted by molar-refractivity contribution is -0.0101. The van der Waals surface area contributed by atoms with E-state index < -0.39 is 0 Å². The van der Waals surface area contributed by atoms with Crippen LogP contribution < -0.4 is 5.73 Å². The SMILES string of the molecule is Nc1ccc2nc(CN3CCC(OCCO)CC3)oc2c1. The second-order valence-electron chi connectivity index (χ2n) is 5.40. The second kappa shape index (κ2) is 6.43. The van der Waals surface area contributed by atoms with Crippen molar-refractivity contribution >= 4 is 16.8 Å². The van der Waals surface area contributed by atoms with Crippen molar-refractivity contribution in [3.63, 3.8) is 0 Å². The van der Waals surface area contributed by atoms with Gasteiger partial charge in [0, 0.05) is 24.8 Å². The Morgan fingerprint density at radius 1 is 1.38 bits per heavy atom. The predicted octanol–water partition coefficient (Wildman–Crippen LogP) is 1.38. The van der Waals surface area contributed by atoms with Crippen molar-refractivity contribution in [2.24, 2.45) is 0 Å². The van der Waals surface area contributed by atoms with Gasteiger partial charge in [0.2, 0.25) is 5.89 Å². The molecule has 3 N–H and O–H groups in total. The number of hydrogen-bond donors (Lipinski definition) is 2. The van der Waals surface area contributed by atoms with E-state index in [1.165, 1.54) is 0 Å². The van der Waals surface area contributed by atoms with Gasteiger partial charge in [0.1, 0.15) is 5.52 Å². The zero-order valence-corrected chi connectivity index (χ0v) is 12.0. The summed E-state index contributed by atoms with van der Waals surface area (Å²) >= 11 is 0. The molecule has 21 heavy (non-hydrogen) atoms. The quantitative estimate of drug-likeness (QED) is 0.810. The molecule has 6 nitrogen and oxygen atoms in total. The van der Waals surface area contributed by atoms with Crippen molar-refractivity contribution in [3.8, 4) is 0 Å². The molecule has 0 amide bonds. The maximum atomic E-state index is 8.77. The first kappa shape index (κ1) is 14.3. The average molecular weight is 291 g/mol. The molecule has 6 heteroatoms. The molecule has 1 saturated heterocycles. The smallest absolute Gasteiger partial charge is 0.209 e. The van der Waals surface area contributed by atoms with E-state index in [0.29, 0.717) is 18.8 Å². The Morgan fingerprint density at radius 2 is 2.19 bits per heavy atom. The van der Waals surface area contributed by atoms with Crippen molar-refractivity contribution in [1.82, 2.24) is 9.88 Å². The maximum Gasteiger partial charge on any atom is 0.209 e. The van der Waals surface area contributed by atoms with E-state index in [0.717, 1.165) is 42.9 Å². The van der Waals surface area contributed by atoms with Crippen LogP contribution in [0.15, 0.2) is 22.6 Å². The number of piperidine rings is 1. The van der Waals surface area contributed by atoms with Gasteiger partial charge in [0.25, 0.3) is 0 Å². The minimum Gasteiger partial charge on any atom is -0.439 e. The summed E-state index contributed by atoms with van der Waals surface area (Å²) in [5, 5.41) is 8.77. The van der Waals surface area contributed by atoms with Crippen molar-refractivity contribution in [2.75, 3.05) is 32.0 Å². The van der Waals surface area contributed by atoms with Crippen LogP contribution in [0.5, 0.6) is 0 Å². The summed E-state index contributed by atoms with van der Waals surface area (Å²) in [4.78, 5) is 6.80. The maximum absolute atomic E-state index is 8.77. The van der Waals surface area contributed by atoms with E-state index in [9.17, 15) is 0 Å². The van der Waals surface area contributed by atoms with Crippen LogP contribution >= 0.6 is 0 Å². The minimum atomic E-state index is 0.0895. The van der Waals surface area contributed by atoms with E-state index in [2.05, 4.69) is 9.88 Å². The van der Waals surface area contributed by atoms with Crippen LogP contribution in [0.2, 0.25) is 0 Å². The molecule has 3 rings (SSSR count). The topological polar surface area (TPSA) is 84.8 Å². The Hall–Kier alpha value is -1.63. The van der Waals surface area contributed by atoms with Crippen LogP contribution in [0.4, 0.5) is 5.69 Å². The van der Waals surface area contributed by atoms with Crippen molar-refractivity contribution in [3.05, 3.63) is 24.1 Å². The number of likely N-dealkylation sites (tertiary alicyclic amines) is 1. The van der Waals surface area contributed by atoms with Gasteiger partial charge < -0.3 is 20.0 Å². The van der Waals surface area contributed by atoms with Crippen molar-refractivity contribution < 1.29 is 14.3 Å². The lowest BCUT2D eigenvalue weighted by Crippen LogP contribution is -2.36. The van der Waals surface area contributed by atoms with Crippen LogP contribution in [0.3, 0.4) is 0 Å². The number of nitrogens with two attached hydrogens (primary N) is 1. The van der Waals surface area contributed by atoms with Gasteiger partial charge in [-0.15, -0.1) is 0 Å². The molecule has 0 unspecified atom stereocenters. The van der Waals surface area contributed by atoms with Gasteiger partial charge in [-0.25, -0.2) is 4.98 Å². The van der Waals surface area contributed by atoms with Crippen LogP contribution in [0, 0.1) is 0 Å². The summed E-state index contributed by atoms with van der Waals surface area (Å²) in [5.41, 5.74) is 8.02. The van der Waals surface area contributed by atoms with E-state index in [1.807, 2.05) is 12.1 Å². The molecule has 0 atom stereocenters. The van der Waals surface area contributed by atoms with Gasteiger partial charge in [-0.3, -0.25) is 4.90 Å². The molecule has 0 aliphatic carbocycles. The molecule has 1 aromatic carbocycles. The summed E-state index contributed by atoms with van der Waals surface area (Å²) in [6.07, 6.45) is 2.22. The molecule has 0 spiro atoms. The number of aliphatic hydroxyl groups is 1. The first-order chi connectivity index (χ1) is 10.2. The highest BCUT2D eigenvalue weighted by atomic mass is 16.5. The van der Waals surface area contributed by atoms with Gasteiger partial charge in [-0.2, -0.15) is 0 Å². The first-order valence-electron chi connectivity index (χ1n) is 7.34. The number of hydrogen-bond acceptors (Lipinski definition) is 6. The van der Waals surface area contributed by atoms with Gasteiger partial charge >= 0.3 is 0 Å². The number of nitrogen functional groups attached to an aromatic ring is 1. The number of nitrogens with zero attached hydrogens (tertiary/aromatic N) is 2. The second-order valence-corrected chi connectivity index (χ2v) is 5.40. The van der Waals surface area contributed by atoms with Crippen molar-refractivity contribution in [1.29, 1.82) is 0 Å². The minimum absolute atomic E-state index is 0.0895. The highest BCUT2D eigenvalue weighted by Gasteiger charge is 2.21. The number of oxazole rings is 1. The third-order valence-corrected chi connectivity index (χ3v) is 3.80. The van der Waals surface area contributed by atoms with E-state index in [4.69, 9.17) is 20.0 Å². The zero-order valence-electron chi connectivity index (χ0n) is 12.0. The molecule has 1 aliphatic rings. The van der Waals surface area contributed by atoms with Crippen molar-refractivity contribution in [2.45, 2.75) is 25.5 Å². The Labute approximate surface area is 123 Å². The average Bonchev–Trinajstić information content (AvgIpc) is 2.88. The molecule has 2 heterocycles. The Kier molecular flexibility index (Phi) is 4.38. The van der Waals surface area contributed by atoms with E-state index >= 15 is 0 Å². The summed E-state index contributed by atoms with van der Waals surface area (Å²) in [5.74, 6) is 0.727. The lowest BCUT2D eigenvalue weighted by Gasteiger charge is -2.30. The normalized spacial score (nSPS) is 17.6. The molecule has 0 saturated carbocycles. The number of aromatic nitrogens is 1. The van der Waals surface area contributed by atoms with Gasteiger partial charge in [-0.1, -0.05) is 0 Å². The molecule has 1 fully saturated rings. The molecule has 1 aromatic heterocycles. The Bertz CT molecular complexity index is 591. The van der Waals surface area contributed by atoms with Crippen LogP contribution in [-0.2, 0) is 11.3 Å². The number of fused-ring (bicyclic) bond motifs is 1. The summed E-state index contributed by atoms with van der Waals surface area (Å²) in [6.45, 7) is 3.14. The number of aliphatic hydroxyl groups excluding tert-OH is 1. The van der Waals surface area contributed by atoms with Crippen LogP contribution in [0.1, 0.15) is 18.7 Å². The monoisotopic (exact) mass is 291 g/mol. The molecule has 114 valence electrons. The molecular weight excluding hydrogens is 270 g/mol. The fourth-order valence-electron chi connectivity index (χ4n) is 2.70. The van der Waals surface area contributed by atoms with Crippen LogP contribution in [0.25, 0.3) is 11.1 Å². The largest absolute Gasteiger partial charge is 0.439 e. The third-order valence-electron chi connectivity index (χ3n) is 3.80. The van der Waals surface area contributed by atoms with E-state index in [1.54, 1.807) is 6.07 Å². The van der Waals surface area contributed by atoms with Gasteiger partial charge in [0.15, 0.2) is 5.58 Å². The molecule has 0 bridgehead atoms. The fourth-order valence-corrected chi connectivity index (χ4v) is 2.70. The first-order valence-corrected chi connectivity index (χ1v) is 7.34. The number of ether oxygens (including phenoxy) is 1. The molecular formula is C15H21N3O3. The van der Waals surface area contributed by atoms with E-state index in [-0.39, 0.29) is 12.7 Å². The lowest BCUT2D eigenvalue weighted by atomic mass is 10.1. The number of anilines is 1. The summed E-state index contributed by atoms with van der Waals surface area (Å²) in [7, 11) is 0. The Balaban J connectivity index is 1.56. The highest BCUT2D eigenvalue weighted by Crippen LogP contribution is 2.21. The highest BCUT2D eigenvalue weighted by molar-refractivity contribution is 5.76. The molecule has 2 aromatic rings. The number of rotatable bonds is 5. The Morgan fingerprint density at radius 3 is 2.95 bits per heavy atom. The molecule has 1 aliphatic heterocycles. The third kappa shape index (κ3) is 3.53. The fraction of sp³-hybridized carbons (Fsp3) is 0.533. The molecule has 0 radical (unpaired) electrons. The van der Waals surface area contributed by atoms with Crippen LogP contribution in [-0.4, -0.2) is 47.4 Å². The zero-order chi connectivity index (χ0) is 14.7. The van der Waals surface area contributed by atoms with Gasteiger partial charge in [0.05, 0.1) is 25.9 Å². The standard InChI is InChI=1S/C15H21N3O3/c16-11-1-2-13-14(9-11)21-15(17-13)10-18-5-3-12(4-6-18)20-8-7-19/h1-2,9,12,19H,3-8,10,16H2. The van der Waals surface area contributed by atoms with Gasteiger partial charge in [-0.05, 0) is 25.0 Å². The predicted molar refractivity (Wildman–Crippen MR) is 79.8 cm³/mol. The summed E-state index contributed by atoms with van der Waals surface area (Å²) in [6, 6.07) is 5.52. The summed E-state index contributed by atoms with van der Waals surface area (Å²) < 4.78 is 11.3.